The largest absolute Gasteiger partial charge is 0.396 e. The number of aromatic nitrogens is 1. The lowest BCUT2D eigenvalue weighted by atomic mass is 10.1. The van der Waals surface area contributed by atoms with Crippen molar-refractivity contribution < 1.29 is 13.9 Å². The van der Waals surface area contributed by atoms with Crippen molar-refractivity contribution in [1.82, 2.24) is 4.98 Å². The van der Waals surface area contributed by atoms with E-state index in [9.17, 15) is 8.78 Å². The lowest BCUT2D eigenvalue weighted by molar-refractivity contribution is -0.0303. The summed E-state index contributed by atoms with van der Waals surface area (Å²) in [6.45, 7) is -0.525. The lowest BCUT2D eigenvalue weighted by Gasteiger charge is -2.12. The Labute approximate surface area is 85.5 Å². The highest BCUT2D eigenvalue weighted by molar-refractivity contribution is 5.80. The third-order valence-corrected chi connectivity index (χ3v) is 2.35. The first kappa shape index (κ1) is 10.1. The molecule has 0 saturated heterocycles. The maximum Gasteiger partial charge on any atom is 0.289 e. The van der Waals surface area contributed by atoms with E-state index in [1.807, 2.05) is 0 Å². The number of H-pyrrole nitrogens is 1. The van der Waals surface area contributed by atoms with Crippen molar-refractivity contribution >= 4 is 10.9 Å². The monoisotopic (exact) mass is 211 g/mol. The number of hydrogen-bond donors (Lipinski definition) is 2. The molecule has 1 heterocycles. The Bertz CT molecular complexity index is 431. The van der Waals surface area contributed by atoms with Crippen molar-refractivity contribution in [3.05, 3.63) is 36.0 Å². The van der Waals surface area contributed by atoms with Gasteiger partial charge >= 0.3 is 0 Å². The third kappa shape index (κ3) is 1.85. The maximum absolute atomic E-state index is 13.4. The van der Waals surface area contributed by atoms with Gasteiger partial charge in [0.2, 0.25) is 0 Å². The van der Waals surface area contributed by atoms with Gasteiger partial charge in [0.15, 0.2) is 0 Å². The molecule has 0 aliphatic heterocycles. The number of aromatic amines is 1. The molecule has 0 amide bonds. The summed E-state index contributed by atoms with van der Waals surface area (Å²) in [6.07, 6.45) is -0.556. The van der Waals surface area contributed by atoms with Crippen molar-refractivity contribution in [2.75, 3.05) is 6.61 Å². The minimum atomic E-state index is -2.99. The van der Waals surface area contributed by atoms with Gasteiger partial charge in [0.25, 0.3) is 5.92 Å². The summed E-state index contributed by atoms with van der Waals surface area (Å²) >= 11 is 0. The van der Waals surface area contributed by atoms with Crippen molar-refractivity contribution in [3.8, 4) is 0 Å². The van der Waals surface area contributed by atoms with Gasteiger partial charge in [-0.15, -0.1) is 0 Å². The molecule has 0 spiro atoms. The van der Waals surface area contributed by atoms with Crippen LogP contribution in [-0.4, -0.2) is 16.7 Å². The van der Waals surface area contributed by atoms with E-state index in [-0.39, 0.29) is 5.69 Å². The normalized spacial score (nSPS) is 12.2. The Morgan fingerprint density at radius 2 is 2.00 bits per heavy atom. The summed E-state index contributed by atoms with van der Waals surface area (Å²) in [5.74, 6) is -2.99. The first-order valence-corrected chi connectivity index (χ1v) is 4.70. The van der Waals surface area contributed by atoms with E-state index in [0.717, 1.165) is 5.39 Å². The van der Waals surface area contributed by atoms with Crippen LogP contribution in [0.5, 0.6) is 0 Å². The van der Waals surface area contributed by atoms with E-state index >= 15 is 0 Å². The number of fused-ring (bicyclic) bond motifs is 1. The molecule has 2 rings (SSSR count). The summed E-state index contributed by atoms with van der Waals surface area (Å²) in [4.78, 5) is 2.66. The van der Waals surface area contributed by atoms with E-state index in [4.69, 9.17) is 5.11 Å². The molecule has 0 saturated carbocycles. The van der Waals surface area contributed by atoms with Crippen LogP contribution in [0.4, 0.5) is 8.78 Å². The number of benzene rings is 1. The van der Waals surface area contributed by atoms with Crippen molar-refractivity contribution in [2.24, 2.45) is 0 Å². The summed E-state index contributed by atoms with van der Waals surface area (Å²) in [5.41, 5.74) is 0.544. The second-order valence-corrected chi connectivity index (χ2v) is 3.45. The van der Waals surface area contributed by atoms with Crippen LogP contribution in [0.25, 0.3) is 10.9 Å². The minimum absolute atomic E-state index is 0.141. The molecule has 15 heavy (non-hydrogen) atoms. The fourth-order valence-corrected chi connectivity index (χ4v) is 1.55. The average molecular weight is 211 g/mol. The Kier molecular flexibility index (Phi) is 2.44. The zero-order chi connectivity index (χ0) is 10.9. The Hall–Kier alpha value is -1.42. The summed E-state index contributed by atoms with van der Waals surface area (Å²) in [7, 11) is 0. The number of rotatable bonds is 3. The highest BCUT2D eigenvalue weighted by atomic mass is 19.3. The molecule has 1 aromatic carbocycles. The fourth-order valence-electron chi connectivity index (χ4n) is 1.55. The van der Waals surface area contributed by atoms with Crippen LogP contribution in [0.2, 0.25) is 0 Å². The molecule has 0 atom stereocenters. The molecule has 2 nitrogen and oxygen atoms in total. The molecular weight excluding hydrogens is 200 g/mol. The third-order valence-electron chi connectivity index (χ3n) is 2.35. The van der Waals surface area contributed by atoms with Gasteiger partial charge in [-0.05, 0) is 17.5 Å². The zero-order valence-corrected chi connectivity index (χ0v) is 8.00. The van der Waals surface area contributed by atoms with Gasteiger partial charge in [-0.25, -0.2) is 0 Å². The van der Waals surface area contributed by atoms with E-state index in [0.29, 0.717) is 5.52 Å². The van der Waals surface area contributed by atoms with Crippen LogP contribution in [0.1, 0.15) is 12.1 Å². The van der Waals surface area contributed by atoms with Crippen LogP contribution in [0.3, 0.4) is 0 Å². The molecule has 0 fully saturated rings. The van der Waals surface area contributed by atoms with E-state index in [2.05, 4.69) is 4.98 Å². The van der Waals surface area contributed by atoms with Crippen molar-refractivity contribution in [1.29, 1.82) is 0 Å². The minimum Gasteiger partial charge on any atom is -0.396 e. The molecule has 1 aromatic heterocycles. The Morgan fingerprint density at radius 3 is 2.67 bits per heavy atom. The first-order valence-electron chi connectivity index (χ1n) is 4.70. The number of nitrogens with one attached hydrogen (secondary N) is 1. The Balaban J connectivity index is 2.44. The first-order chi connectivity index (χ1) is 7.13. The van der Waals surface area contributed by atoms with Gasteiger partial charge in [0, 0.05) is 18.5 Å². The summed E-state index contributed by atoms with van der Waals surface area (Å²) < 4.78 is 26.8. The number of alkyl halides is 2. The molecule has 0 aliphatic carbocycles. The molecule has 0 unspecified atom stereocenters. The highest BCUT2D eigenvalue weighted by Crippen LogP contribution is 2.32. The topological polar surface area (TPSA) is 36.0 Å². The summed E-state index contributed by atoms with van der Waals surface area (Å²) in [6, 6.07) is 8.51. The van der Waals surface area contributed by atoms with Crippen molar-refractivity contribution in [2.45, 2.75) is 12.3 Å². The number of aliphatic hydroxyl groups is 1. The van der Waals surface area contributed by atoms with E-state index in [1.165, 1.54) is 6.07 Å². The predicted octanol–water partition coefficient (Wildman–Crippen LogP) is 2.64. The highest BCUT2D eigenvalue weighted by Gasteiger charge is 2.32. The molecule has 80 valence electrons. The zero-order valence-electron chi connectivity index (χ0n) is 8.00. The van der Waals surface area contributed by atoms with Gasteiger partial charge in [-0.1, -0.05) is 18.2 Å². The number of aliphatic hydroxyl groups excluding tert-OH is 1. The lowest BCUT2D eigenvalue weighted by Crippen LogP contribution is -2.15. The molecule has 0 bridgehead atoms. The van der Waals surface area contributed by atoms with Gasteiger partial charge in [0.1, 0.15) is 0 Å². The molecule has 2 N–H and O–H groups in total. The number of hydrogen-bond acceptors (Lipinski definition) is 1. The van der Waals surface area contributed by atoms with Gasteiger partial charge in [0.05, 0.1) is 5.69 Å². The number of para-hydroxylation sites is 1. The smallest absolute Gasteiger partial charge is 0.289 e. The predicted molar refractivity (Wildman–Crippen MR) is 53.9 cm³/mol. The second kappa shape index (κ2) is 3.62. The maximum atomic E-state index is 13.4. The van der Waals surface area contributed by atoms with E-state index in [1.54, 1.807) is 24.3 Å². The fraction of sp³-hybridized carbons (Fsp3) is 0.273. The average Bonchev–Trinajstić information content (AvgIpc) is 2.61. The summed E-state index contributed by atoms with van der Waals surface area (Å²) in [5, 5.41) is 9.30. The molecule has 2 aromatic rings. The molecule has 4 heteroatoms. The van der Waals surface area contributed by atoms with Gasteiger partial charge in [-0.2, -0.15) is 8.78 Å². The van der Waals surface area contributed by atoms with Crippen LogP contribution in [-0.2, 0) is 5.92 Å². The quantitative estimate of drug-likeness (QED) is 0.804. The SMILES string of the molecule is OCCC(F)(F)c1cc2ccccc2[nH]1. The van der Waals surface area contributed by atoms with Crippen LogP contribution >= 0.6 is 0 Å². The van der Waals surface area contributed by atoms with Crippen LogP contribution < -0.4 is 0 Å². The van der Waals surface area contributed by atoms with Gasteiger partial charge in [-0.3, -0.25) is 0 Å². The van der Waals surface area contributed by atoms with Crippen LogP contribution in [0, 0.1) is 0 Å². The standard InChI is InChI=1S/C11H11F2NO/c12-11(13,5-6-15)10-7-8-3-1-2-4-9(8)14-10/h1-4,7,14-15H,5-6H2. The molecule has 0 aliphatic rings. The van der Waals surface area contributed by atoms with Crippen molar-refractivity contribution in [3.63, 3.8) is 0 Å². The Morgan fingerprint density at radius 1 is 1.27 bits per heavy atom. The van der Waals surface area contributed by atoms with Crippen LogP contribution in [0.15, 0.2) is 30.3 Å². The van der Waals surface area contributed by atoms with Gasteiger partial charge < -0.3 is 10.1 Å². The molecule has 0 radical (unpaired) electrons. The molecular formula is C11H11F2NO. The van der Waals surface area contributed by atoms with E-state index < -0.39 is 19.0 Å². The second-order valence-electron chi connectivity index (χ2n) is 3.45. The number of halogens is 2.